The number of carbonyl (C=O) groups excluding carboxylic acids is 1. The highest BCUT2D eigenvalue weighted by Gasteiger charge is 2.38. The smallest absolute Gasteiger partial charge is 0.278 e. The van der Waals surface area contributed by atoms with Gasteiger partial charge in [-0.1, -0.05) is 12.1 Å². The zero-order valence-electron chi connectivity index (χ0n) is 20.4. The minimum atomic E-state index is -2.77. The largest absolute Gasteiger partial charge is 0.381 e. The fourth-order valence-electron chi connectivity index (χ4n) is 5.30. The van der Waals surface area contributed by atoms with Gasteiger partial charge in [-0.05, 0) is 25.0 Å². The van der Waals surface area contributed by atoms with Crippen LogP contribution in [-0.2, 0) is 23.1 Å². The van der Waals surface area contributed by atoms with Crippen molar-refractivity contribution in [3.8, 4) is 22.5 Å². The lowest BCUT2D eigenvalue weighted by Gasteiger charge is -2.30. The summed E-state index contributed by atoms with van der Waals surface area (Å²) in [6.07, 6.45) is -0.196. The third-order valence-electron chi connectivity index (χ3n) is 7.17. The van der Waals surface area contributed by atoms with Crippen LogP contribution in [0.5, 0.6) is 0 Å². The number of amides is 1. The van der Waals surface area contributed by atoms with Gasteiger partial charge in [0.25, 0.3) is 18.6 Å². The average Bonchev–Trinajstić information content (AvgIpc) is 3.50. The average molecular weight is 511 g/mol. The Morgan fingerprint density at radius 1 is 1.11 bits per heavy atom. The molecule has 37 heavy (non-hydrogen) atoms. The Bertz CT molecular complexity index is 1510. The first-order chi connectivity index (χ1) is 17.8. The Hall–Kier alpha value is -3.73. The molecule has 0 N–H and O–H groups in total. The van der Waals surface area contributed by atoms with Crippen LogP contribution in [0, 0.1) is 0 Å². The summed E-state index contributed by atoms with van der Waals surface area (Å²) in [5.41, 5.74) is 2.53. The highest BCUT2D eigenvalue weighted by Crippen LogP contribution is 2.41. The maximum absolute atomic E-state index is 15.5. The van der Waals surface area contributed by atoms with Crippen LogP contribution in [0.15, 0.2) is 36.7 Å². The number of likely N-dealkylation sites (N-methyl/N-ethyl adjacent to an activating group) is 1. The minimum Gasteiger partial charge on any atom is -0.381 e. The van der Waals surface area contributed by atoms with Gasteiger partial charge >= 0.3 is 0 Å². The molecule has 0 bridgehead atoms. The normalized spacial score (nSPS) is 18.7. The number of fused-ring (bicyclic) bond motifs is 2. The molecule has 8 nitrogen and oxygen atoms in total. The molecule has 0 radical (unpaired) electrons. The summed E-state index contributed by atoms with van der Waals surface area (Å²) in [4.78, 5) is 23.3. The van der Waals surface area contributed by atoms with Gasteiger partial charge in [0.05, 0.1) is 35.3 Å². The fourth-order valence-corrected chi connectivity index (χ4v) is 5.30. The molecule has 0 aliphatic carbocycles. The second-order valence-electron chi connectivity index (χ2n) is 9.55. The van der Waals surface area contributed by atoms with Gasteiger partial charge in [0, 0.05) is 61.5 Å². The summed E-state index contributed by atoms with van der Waals surface area (Å²) in [6.45, 7) is 1.21. The van der Waals surface area contributed by atoms with Crippen molar-refractivity contribution in [3.63, 3.8) is 0 Å². The van der Waals surface area contributed by atoms with Crippen LogP contribution in [0.1, 0.15) is 48.6 Å². The maximum atomic E-state index is 15.5. The summed E-state index contributed by atoms with van der Waals surface area (Å²) in [5.74, 6) is -0.212. The zero-order chi connectivity index (χ0) is 25.8. The number of hydrogen-bond acceptors (Lipinski definition) is 5. The molecular weight excluding hydrogens is 485 g/mol. The van der Waals surface area contributed by atoms with Crippen molar-refractivity contribution in [1.82, 2.24) is 29.2 Å². The van der Waals surface area contributed by atoms with Gasteiger partial charge in [0.15, 0.2) is 0 Å². The molecule has 1 atom stereocenters. The monoisotopic (exact) mass is 510 g/mol. The number of nitrogens with zero attached hydrogens (tertiary/aromatic N) is 6. The molecule has 0 saturated carbocycles. The molecule has 2 aliphatic heterocycles. The number of rotatable bonds is 4. The van der Waals surface area contributed by atoms with E-state index in [1.165, 1.54) is 26.4 Å². The predicted molar refractivity (Wildman–Crippen MR) is 130 cm³/mol. The van der Waals surface area contributed by atoms with Crippen LogP contribution in [-0.4, -0.2) is 55.4 Å². The number of halogens is 3. The molecule has 1 aromatic carbocycles. The molecule has 0 unspecified atom stereocenters. The Labute approximate surface area is 210 Å². The molecule has 4 aromatic rings. The molecule has 2 aliphatic rings. The summed E-state index contributed by atoms with van der Waals surface area (Å²) < 4.78 is 52.4. The zero-order valence-corrected chi connectivity index (χ0v) is 20.4. The van der Waals surface area contributed by atoms with Crippen molar-refractivity contribution in [2.75, 3.05) is 20.3 Å². The lowest BCUT2D eigenvalue weighted by atomic mass is 9.99. The van der Waals surface area contributed by atoms with Gasteiger partial charge in [-0.2, -0.15) is 5.10 Å². The molecule has 192 valence electrons. The number of aryl methyl sites for hydroxylation is 1. The second-order valence-corrected chi connectivity index (χ2v) is 9.55. The highest BCUT2D eigenvalue weighted by molar-refractivity contribution is 5.96. The van der Waals surface area contributed by atoms with Gasteiger partial charge in [-0.25, -0.2) is 23.1 Å². The first-order valence-corrected chi connectivity index (χ1v) is 12.1. The van der Waals surface area contributed by atoms with Crippen LogP contribution >= 0.6 is 0 Å². The van der Waals surface area contributed by atoms with Crippen molar-refractivity contribution in [2.45, 2.75) is 38.0 Å². The first-order valence-electron chi connectivity index (χ1n) is 12.1. The van der Waals surface area contributed by atoms with Crippen LogP contribution in [0.4, 0.5) is 13.2 Å². The van der Waals surface area contributed by atoms with Gasteiger partial charge in [0.2, 0.25) is 0 Å². The van der Waals surface area contributed by atoms with E-state index in [9.17, 15) is 13.6 Å². The topological polar surface area (TPSA) is 78.1 Å². The summed E-state index contributed by atoms with van der Waals surface area (Å²) in [6, 6.07) is 6.76. The number of ether oxygens (including phenoxy) is 1. The number of alkyl halides is 3. The summed E-state index contributed by atoms with van der Waals surface area (Å²) in [7, 11) is 3.26. The van der Waals surface area contributed by atoms with Gasteiger partial charge in [-0.15, -0.1) is 0 Å². The first kappa shape index (κ1) is 23.7. The second kappa shape index (κ2) is 8.98. The van der Waals surface area contributed by atoms with E-state index in [2.05, 4.69) is 10.1 Å². The Balaban J connectivity index is 1.58. The number of carbonyl (C=O) groups is 1. The third-order valence-corrected chi connectivity index (χ3v) is 7.17. The summed E-state index contributed by atoms with van der Waals surface area (Å²) >= 11 is 0. The van der Waals surface area contributed by atoms with E-state index in [4.69, 9.17) is 9.72 Å². The third kappa shape index (κ3) is 3.88. The summed E-state index contributed by atoms with van der Waals surface area (Å²) in [5, 5.41) is 4.58. The van der Waals surface area contributed by atoms with Gasteiger partial charge < -0.3 is 9.64 Å². The van der Waals surface area contributed by atoms with E-state index in [1.54, 1.807) is 38.5 Å². The van der Waals surface area contributed by atoms with E-state index in [-0.39, 0.29) is 23.7 Å². The minimum absolute atomic E-state index is 0.0717. The van der Waals surface area contributed by atoms with E-state index < -0.39 is 18.6 Å². The number of hydrogen-bond donors (Lipinski definition) is 0. The highest BCUT2D eigenvalue weighted by atomic mass is 19.3. The van der Waals surface area contributed by atoms with Gasteiger partial charge in [-0.3, -0.25) is 14.0 Å². The molecule has 11 heteroatoms. The Morgan fingerprint density at radius 3 is 2.59 bits per heavy atom. The maximum Gasteiger partial charge on any atom is 0.278 e. The van der Waals surface area contributed by atoms with E-state index in [0.717, 1.165) is 0 Å². The van der Waals surface area contributed by atoms with Crippen molar-refractivity contribution < 1.29 is 22.7 Å². The molecule has 1 saturated heterocycles. The van der Waals surface area contributed by atoms with Crippen LogP contribution in [0.25, 0.3) is 33.4 Å². The number of aromatic nitrogens is 5. The van der Waals surface area contributed by atoms with Crippen molar-refractivity contribution in [1.29, 1.82) is 0 Å². The molecule has 5 heterocycles. The van der Waals surface area contributed by atoms with Crippen LogP contribution in [0.2, 0.25) is 0 Å². The molecule has 0 spiro atoms. The predicted octanol–water partition coefficient (Wildman–Crippen LogP) is 4.77. The van der Waals surface area contributed by atoms with Crippen molar-refractivity contribution in [3.05, 3.63) is 53.7 Å². The molecule has 1 amide bonds. The molecule has 6 rings (SSSR count). The number of benzene rings is 1. The molecule has 1 fully saturated rings. The lowest BCUT2D eigenvalue weighted by Crippen LogP contribution is -2.39. The van der Waals surface area contributed by atoms with E-state index >= 15 is 4.39 Å². The SMILES string of the molecule is CN1Cc2c(-c3cccc4nc(-c5cnn(C)c5)c(C(F)F)cc34)nc(C3CCOCC3)n2[C@H](F)C1=O. The van der Waals surface area contributed by atoms with Gasteiger partial charge in [0.1, 0.15) is 5.82 Å². The molecule has 3 aromatic heterocycles. The number of imidazole rings is 1. The fraction of sp³-hybridized carbons (Fsp3) is 0.385. The Kier molecular flexibility index (Phi) is 5.74. The van der Waals surface area contributed by atoms with Crippen molar-refractivity contribution >= 4 is 16.8 Å². The lowest BCUT2D eigenvalue weighted by molar-refractivity contribution is -0.141. The molecular formula is C26H25F3N6O2. The standard InChI is InChI=1S/C26H25F3N6O2/c1-33-13-20-22(32-25(14-6-8-37-9-7-14)35(20)24(29)26(33)36)16-4-3-5-19-17(16)10-18(23(27)28)21(31-19)15-11-30-34(2)12-15/h3-5,10-12,14,23-24H,6-9,13H2,1-2H3/t24-/m0/s1. The van der Waals surface area contributed by atoms with E-state index in [1.807, 2.05) is 0 Å². The van der Waals surface area contributed by atoms with E-state index in [0.29, 0.717) is 65.3 Å². The van der Waals surface area contributed by atoms with Crippen molar-refractivity contribution in [2.24, 2.45) is 7.05 Å². The van der Waals surface area contributed by atoms with Crippen LogP contribution in [0.3, 0.4) is 0 Å². The van der Waals surface area contributed by atoms with Crippen LogP contribution < -0.4 is 0 Å². The quantitative estimate of drug-likeness (QED) is 0.395. The Morgan fingerprint density at radius 2 is 1.89 bits per heavy atom. The number of pyridine rings is 1.